The molecule has 0 amide bonds. The van der Waals surface area contributed by atoms with Gasteiger partial charge in [0.25, 0.3) is 0 Å². The zero-order valence-electron chi connectivity index (χ0n) is 10.4. The van der Waals surface area contributed by atoms with Crippen LogP contribution < -0.4 is 0 Å². The summed E-state index contributed by atoms with van der Waals surface area (Å²) in [6.07, 6.45) is -13.1. The molecule has 0 aromatic carbocycles. The number of hydrogen-bond acceptors (Lipinski definition) is 2. The molecule has 2 nitrogen and oxygen atoms in total. The van der Waals surface area contributed by atoms with Crippen molar-refractivity contribution in [2.24, 2.45) is 0 Å². The second-order valence-electron chi connectivity index (χ2n) is 4.43. The van der Waals surface area contributed by atoms with Crippen molar-refractivity contribution >= 4 is 0 Å². The van der Waals surface area contributed by atoms with Crippen LogP contribution in [-0.2, 0) is 9.47 Å². The molecule has 23 heavy (non-hydrogen) atoms. The van der Waals surface area contributed by atoms with Crippen LogP contribution in [0.3, 0.4) is 0 Å². The summed E-state index contributed by atoms with van der Waals surface area (Å²) < 4.78 is 159. The van der Waals surface area contributed by atoms with Gasteiger partial charge in [-0.1, -0.05) is 0 Å². The molecule has 138 valence electrons. The van der Waals surface area contributed by atoms with E-state index in [9.17, 15) is 52.7 Å². The Morgan fingerprint density at radius 1 is 0.826 bits per heavy atom. The topological polar surface area (TPSA) is 21.8 Å². The molecule has 0 bridgehead atoms. The van der Waals surface area contributed by atoms with E-state index >= 15 is 0 Å². The van der Waals surface area contributed by atoms with Crippen molar-refractivity contribution in [2.45, 2.75) is 42.3 Å². The van der Waals surface area contributed by atoms with Gasteiger partial charge in [-0.2, -0.15) is 43.9 Å². The summed E-state index contributed by atoms with van der Waals surface area (Å²) in [5, 5.41) is 0. The van der Waals surface area contributed by atoms with E-state index in [0.29, 0.717) is 0 Å². The van der Waals surface area contributed by atoms with E-state index in [1.54, 1.807) is 0 Å². The number of epoxide rings is 1. The third-order valence-corrected chi connectivity index (χ3v) is 2.70. The van der Waals surface area contributed by atoms with Crippen LogP contribution in [-0.4, -0.2) is 55.5 Å². The molecule has 0 aromatic heterocycles. The summed E-state index contributed by atoms with van der Waals surface area (Å²) in [6.45, 7) is -1.72. The quantitative estimate of drug-likeness (QED) is 0.476. The summed E-state index contributed by atoms with van der Waals surface area (Å²) in [6, 6.07) is 0. The summed E-state index contributed by atoms with van der Waals surface area (Å²) >= 11 is 0. The maximum Gasteiger partial charge on any atom is 0.426 e. The van der Waals surface area contributed by atoms with E-state index in [4.69, 9.17) is 0 Å². The lowest BCUT2D eigenvalue weighted by atomic mass is 9.98. The highest BCUT2D eigenvalue weighted by atomic mass is 19.4. The minimum atomic E-state index is -7.56. The van der Waals surface area contributed by atoms with E-state index < -0.39 is 48.9 Å². The molecule has 0 spiro atoms. The number of alkyl halides is 12. The van der Waals surface area contributed by atoms with Gasteiger partial charge in [0, 0.05) is 0 Å². The van der Waals surface area contributed by atoms with E-state index in [0.717, 1.165) is 0 Å². The first-order valence-electron chi connectivity index (χ1n) is 5.45. The maximum absolute atomic E-state index is 13.0. The first-order chi connectivity index (χ1) is 10.0. The minimum Gasteiger partial charge on any atom is -0.371 e. The Labute approximate surface area is 119 Å². The summed E-state index contributed by atoms with van der Waals surface area (Å²) in [4.78, 5) is 0. The summed E-state index contributed by atoms with van der Waals surface area (Å²) in [5.41, 5.74) is 0. The zero-order chi connectivity index (χ0) is 18.5. The standard InChI is InChI=1S/C9H6F12O2/c10-4(11)5(12,13)6(14,15)7(16,17)8(18,19)9(20,21)23-2-3-1-22-3/h3-4H,1-2H2. The molecule has 1 heterocycles. The van der Waals surface area contributed by atoms with Crippen LogP contribution in [0.25, 0.3) is 0 Å². The molecule has 1 saturated heterocycles. The van der Waals surface area contributed by atoms with E-state index in [1.165, 1.54) is 0 Å². The van der Waals surface area contributed by atoms with Gasteiger partial charge in [0.1, 0.15) is 6.10 Å². The van der Waals surface area contributed by atoms with Gasteiger partial charge in [-0.25, -0.2) is 8.78 Å². The van der Waals surface area contributed by atoms with Gasteiger partial charge in [-0.3, -0.25) is 0 Å². The monoisotopic (exact) mass is 374 g/mol. The molecule has 0 radical (unpaired) electrons. The van der Waals surface area contributed by atoms with Gasteiger partial charge in [0.15, 0.2) is 0 Å². The van der Waals surface area contributed by atoms with Gasteiger partial charge in [0.2, 0.25) is 0 Å². The Balaban J connectivity index is 3.15. The highest BCUT2D eigenvalue weighted by Crippen LogP contribution is 2.58. The number of ether oxygens (including phenoxy) is 2. The maximum atomic E-state index is 13.0. The predicted octanol–water partition coefficient (Wildman–Crippen LogP) is 3.80. The minimum absolute atomic E-state index is 0.280. The first-order valence-corrected chi connectivity index (χ1v) is 5.45. The van der Waals surface area contributed by atoms with Gasteiger partial charge in [-0.15, -0.1) is 0 Å². The molecule has 1 unspecified atom stereocenters. The molecule has 1 aliphatic rings. The lowest BCUT2D eigenvalue weighted by Crippen LogP contribution is -2.69. The van der Waals surface area contributed by atoms with Crippen LogP contribution in [0.4, 0.5) is 52.7 Å². The van der Waals surface area contributed by atoms with E-state index in [-0.39, 0.29) is 6.61 Å². The number of hydrogen-bond donors (Lipinski definition) is 0. The molecule has 0 N–H and O–H groups in total. The Hall–Kier alpha value is -0.920. The highest BCUT2D eigenvalue weighted by Gasteiger charge is 2.88. The second kappa shape index (κ2) is 5.57. The molecule has 0 aliphatic carbocycles. The fraction of sp³-hybridized carbons (Fsp3) is 1.00. The van der Waals surface area contributed by atoms with Crippen molar-refractivity contribution in [1.29, 1.82) is 0 Å². The van der Waals surface area contributed by atoms with Crippen molar-refractivity contribution in [2.75, 3.05) is 13.2 Å². The highest BCUT2D eigenvalue weighted by molar-refractivity contribution is 5.07. The molecular formula is C9H6F12O2. The number of halogens is 12. The van der Waals surface area contributed by atoms with Crippen LogP contribution in [0.2, 0.25) is 0 Å². The van der Waals surface area contributed by atoms with Gasteiger partial charge >= 0.3 is 36.2 Å². The van der Waals surface area contributed by atoms with Crippen molar-refractivity contribution in [1.82, 2.24) is 0 Å². The van der Waals surface area contributed by atoms with Crippen molar-refractivity contribution in [3.05, 3.63) is 0 Å². The second-order valence-corrected chi connectivity index (χ2v) is 4.43. The van der Waals surface area contributed by atoms with Crippen LogP contribution in [0, 0.1) is 0 Å². The molecule has 1 aliphatic heterocycles. The molecule has 0 aromatic rings. The molecule has 0 saturated carbocycles. The SMILES string of the molecule is FC(F)C(F)(F)C(F)(F)C(F)(F)C(F)(F)C(F)(F)OCC1CO1. The van der Waals surface area contributed by atoms with Crippen molar-refractivity contribution in [3.63, 3.8) is 0 Å². The lowest BCUT2D eigenvalue weighted by molar-refractivity contribution is -0.451. The Morgan fingerprint density at radius 2 is 1.26 bits per heavy atom. The smallest absolute Gasteiger partial charge is 0.371 e. The Morgan fingerprint density at radius 3 is 1.61 bits per heavy atom. The van der Waals surface area contributed by atoms with Crippen LogP contribution in [0.15, 0.2) is 0 Å². The van der Waals surface area contributed by atoms with E-state index in [1.807, 2.05) is 0 Å². The first kappa shape index (κ1) is 20.1. The summed E-state index contributed by atoms with van der Waals surface area (Å²) in [7, 11) is 0. The van der Waals surface area contributed by atoms with E-state index in [2.05, 4.69) is 9.47 Å². The van der Waals surface area contributed by atoms with Crippen LogP contribution >= 0.6 is 0 Å². The average Bonchev–Trinajstić information content (AvgIpc) is 3.19. The summed E-state index contributed by atoms with van der Waals surface area (Å²) in [5.74, 6) is -29.3. The van der Waals surface area contributed by atoms with Gasteiger partial charge < -0.3 is 9.47 Å². The zero-order valence-corrected chi connectivity index (χ0v) is 10.4. The van der Waals surface area contributed by atoms with Gasteiger partial charge in [-0.05, 0) is 0 Å². The molecule has 14 heteroatoms. The fourth-order valence-corrected chi connectivity index (χ4v) is 1.18. The predicted molar refractivity (Wildman–Crippen MR) is 46.4 cm³/mol. The molecular weight excluding hydrogens is 368 g/mol. The molecule has 1 atom stereocenters. The van der Waals surface area contributed by atoms with Crippen LogP contribution in [0.5, 0.6) is 0 Å². The third kappa shape index (κ3) is 3.06. The Kier molecular flexibility index (Phi) is 4.87. The fourth-order valence-electron chi connectivity index (χ4n) is 1.18. The van der Waals surface area contributed by atoms with Crippen molar-refractivity contribution < 1.29 is 62.2 Å². The molecule has 1 rings (SSSR count). The number of rotatable bonds is 8. The van der Waals surface area contributed by atoms with Crippen LogP contribution in [0.1, 0.15) is 0 Å². The normalized spacial score (nSPS) is 21.0. The molecule has 1 fully saturated rings. The average molecular weight is 374 g/mol. The van der Waals surface area contributed by atoms with Gasteiger partial charge in [0.05, 0.1) is 13.2 Å². The third-order valence-electron chi connectivity index (χ3n) is 2.70. The van der Waals surface area contributed by atoms with Crippen molar-refractivity contribution in [3.8, 4) is 0 Å². The Bertz CT molecular complexity index is 430. The lowest BCUT2D eigenvalue weighted by Gasteiger charge is -2.38. The largest absolute Gasteiger partial charge is 0.426 e.